The molecule has 4 rings (SSSR count). The molecule has 1 fully saturated rings. The summed E-state index contributed by atoms with van der Waals surface area (Å²) in [5.41, 5.74) is 0.120. The summed E-state index contributed by atoms with van der Waals surface area (Å²) in [6.45, 7) is 0.675. The first-order chi connectivity index (χ1) is 19.6. The SMILES string of the molecule is COc1ccc(Cl)cc1N(CC(=O)NCCOc1ccc(S(=O)(=O)N2CCCCC2)cc1)S(=O)(=O)c1ccccc1. The van der Waals surface area contributed by atoms with Crippen molar-refractivity contribution in [3.63, 3.8) is 0 Å². The number of carbonyl (C=O) groups is 1. The van der Waals surface area contributed by atoms with Gasteiger partial charge in [0.15, 0.2) is 0 Å². The van der Waals surface area contributed by atoms with Crippen molar-refractivity contribution in [2.75, 3.05) is 44.2 Å². The summed E-state index contributed by atoms with van der Waals surface area (Å²) < 4.78 is 66.2. The molecule has 1 N–H and O–H groups in total. The summed E-state index contributed by atoms with van der Waals surface area (Å²) in [5, 5.41) is 2.94. The second-order valence-corrected chi connectivity index (χ2v) is 13.5. The molecule has 3 aromatic carbocycles. The Bertz CT molecular complexity index is 1550. The van der Waals surface area contributed by atoms with Crippen LogP contribution < -0.4 is 19.1 Å². The van der Waals surface area contributed by atoms with E-state index in [0.29, 0.717) is 18.8 Å². The molecule has 0 atom stereocenters. The third kappa shape index (κ3) is 7.50. The number of hydrogen-bond donors (Lipinski definition) is 1. The number of anilines is 1. The molecule has 3 aromatic rings. The minimum Gasteiger partial charge on any atom is -0.495 e. The van der Waals surface area contributed by atoms with Gasteiger partial charge in [-0.3, -0.25) is 9.10 Å². The lowest BCUT2D eigenvalue weighted by Crippen LogP contribution is -2.42. The van der Waals surface area contributed by atoms with Crippen LogP contribution in [0.25, 0.3) is 0 Å². The van der Waals surface area contributed by atoms with Gasteiger partial charge in [-0.05, 0) is 67.4 Å². The fraction of sp³-hybridized carbons (Fsp3) is 0.321. The number of carbonyl (C=O) groups excluding carboxylic acids is 1. The second kappa shape index (κ2) is 13.6. The summed E-state index contributed by atoms with van der Waals surface area (Å²) in [6, 6.07) is 18.4. The normalized spacial score (nSPS) is 14.3. The zero-order valence-corrected chi connectivity index (χ0v) is 24.9. The van der Waals surface area contributed by atoms with E-state index in [1.54, 1.807) is 36.4 Å². The van der Waals surface area contributed by atoms with Crippen LogP contribution in [0.5, 0.6) is 11.5 Å². The molecule has 0 saturated carbocycles. The number of amides is 1. The van der Waals surface area contributed by atoms with Gasteiger partial charge in [-0.15, -0.1) is 0 Å². The number of piperidine rings is 1. The topological polar surface area (TPSA) is 122 Å². The van der Waals surface area contributed by atoms with Crippen molar-refractivity contribution in [1.82, 2.24) is 9.62 Å². The number of rotatable bonds is 12. The van der Waals surface area contributed by atoms with Crippen molar-refractivity contribution in [1.29, 1.82) is 0 Å². The summed E-state index contributed by atoms with van der Waals surface area (Å²) in [4.78, 5) is 13.1. The first-order valence-electron chi connectivity index (χ1n) is 13.0. The van der Waals surface area contributed by atoms with Gasteiger partial charge in [-0.25, -0.2) is 16.8 Å². The maximum Gasteiger partial charge on any atom is 0.264 e. The molecule has 1 amide bonds. The maximum atomic E-state index is 13.5. The van der Waals surface area contributed by atoms with E-state index in [-0.39, 0.29) is 39.4 Å². The van der Waals surface area contributed by atoms with Crippen LogP contribution in [-0.4, -0.2) is 66.9 Å². The molecule has 13 heteroatoms. The Labute approximate surface area is 245 Å². The van der Waals surface area contributed by atoms with Crippen molar-refractivity contribution >= 4 is 43.2 Å². The summed E-state index contributed by atoms with van der Waals surface area (Å²) in [6.07, 6.45) is 2.74. The van der Waals surface area contributed by atoms with Gasteiger partial charge >= 0.3 is 0 Å². The molecule has 0 bridgehead atoms. The second-order valence-electron chi connectivity index (χ2n) is 9.28. The molecule has 0 aromatic heterocycles. The van der Waals surface area contributed by atoms with Crippen LogP contribution in [0.15, 0.2) is 82.6 Å². The van der Waals surface area contributed by atoms with Crippen LogP contribution in [0, 0.1) is 0 Å². The highest BCUT2D eigenvalue weighted by molar-refractivity contribution is 7.93. The predicted octanol–water partition coefficient (Wildman–Crippen LogP) is 3.91. The molecular formula is C28H32ClN3O7S2. The van der Waals surface area contributed by atoms with E-state index in [4.69, 9.17) is 21.1 Å². The monoisotopic (exact) mass is 621 g/mol. The van der Waals surface area contributed by atoms with Gasteiger partial charge in [-0.1, -0.05) is 36.2 Å². The third-order valence-corrected chi connectivity index (χ3v) is 10.4. The average molecular weight is 622 g/mol. The number of halogens is 1. The minimum atomic E-state index is -4.15. The van der Waals surface area contributed by atoms with Gasteiger partial charge in [-0.2, -0.15) is 4.31 Å². The molecule has 1 saturated heterocycles. The van der Waals surface area contributed by atoms with E-state index in [1.807, 2.05) is 0 Å². The van der Waals surface area contributed by atoms with Crippen molar-refractivity contribution in [3.05, 3.63) is 77.8 Å². The number of sulfonamides is 2. The van der Waals surface area contributed by atoms with Crippen LogP contribution in [0.1, 0.15) is 19.3 Å². The first kappa shape index (κ1) is 30.6. The van der Waals surface area contributed by atoms with Gasteiger partial charge in [0.25, 0.3) is 10.0 Å². The van der Waals surface area contributed by atoms with Crippen LogP contribution in [0.4, 0.5) is 5.69 Å². The van der Waals surface area contributed by atoms with E-state index in [1.165, 1.54) is 47.8 Å². The summed E-state index contributed by atoms with van der Waals surface area (Å²) >= 11 is 6.16. The van der Waals surface area contributed by atoms with Gasteiger partial charge in [0.2, 0.25) is 15.9 Å². The Balaban J connectivity index is 1.39. The highest BCUT2D eigenvalue weighted by Gasteiger charge is 2.30. The Kier molecular flexibility index (Phi) is 10.1. The molecule has 1 heterocycles. The van der Waals surface area contributed by atoms with Crippen molar-refractivity contribution in [2.24, 2.45) is 0 Å². The lowest BCUT2D eigenvalue weighted by atomic mass is 10.2. The Morgan fingerprint density at radius 3 is 2.27 bits per heavy atom. The zero-order valence-electron chi connectivity index (χ0n) is 22.5. The molecule has 1 aliphatic heterocycles. The standard InChI is InChI=1S/C28H32ClN3O7S2/c1-38-27-15-10-22(29)20-26(27)32(41(36,37)24-8-4-2-5-9-24)21-28(33)30-16-19-39-23-11-13-25(14-12-23)40(34,35)31-17-6-3-7-18-31/h2,4-5,8-15,20H,3,6-7,16-19,21H2,1H3,(H,30,33). The molecule has 0 spiro atoms. The third-order valence-electron chi connectivity index (χ3n) is 6.50. The first-order valence-corrected chi connectivity index (χ1v) is 16.3. The molecule has 1 aliphatic rings. The Morgan fingerprint density at radius 2 is 1.61 bits per heavy atom. The van der Waals surface area contributed by atoms with Gasteiger partial charge < -0.3 is 14.8 Å². The molecule has 0 radical (unpaired) electrons. The highest BCUT2D eigenvalue weighted by Crippen LogP contribution is 2.34. The molecule has 220 valence electrons. The van der Waals surface area contributed by atoms with E-state index in [0.717, 1.165) is 23.6 Å². The quantitative estimate of drug-likeness (QED) is 0.304. The smallest absolute Gasteiger partial charge is 0.264 e. The average Bonchev–Trinajstić information content (AvgIpc) is 2.99. The van der Waals surface area contributed by atoms with Crippen LogP contribution >= 0.6 is 11.6 Å². The van der Waals surface area contributed by atoms with Gasteiger partial charge in [0.1, 0.15) is 24.7 Å². The van der Waals surface area contributed by atoms with Crippen LogP contribution in [0.3, 0.4) is 0 Å². The van der Waals surface area contributed by atoms with Gasteiger partial charge in [0, 0.05) is 18.1 Å². The van der Waals surface area contributed by atoms with Crippen molar-refractivity contribution in [2.45, 2.75) is 29.1 Å². The largest absolute Gasteiger partial charge is 0.495 e. The van der Waals surface area contributed by atoms with Crippen molar-refractivity contribution < 1.29 is 31.1 Å². The van der Waals surface area contributed by atoms with E-state index < -0.39 is 32.5 Å². The minimum absolute atomic E-state index is 0.00362. The predicted molar refractivity (Wildman–Crippen MR) is 157 cm³/mol. The molecule has 0 unspecified atom stereocenters. The summed E-state index contributed by atoms with van der Waals surface area (Å²) in [7, 11) is -6.29. The lowest BCUT2D eigenvalue weighted by molar-refractivity contribution is -0.119. The fourth-order valence-corrected chi connectivity index (χ4v) is 7.51. The molecular weight excluding hydrogens is 590 g/mol. The molecule has 0 aliphatic carbocycles. The number of nitrogens with zero attached hydrogens (tertiary/aromatic N) is 2. The van der Waals surface area contributed by atoms with Crippen LogP contribution in [-0.2, 0) is 24.8 Å². The molecule has 41 heavy (non-hydrogen) atoms. The maximum absolute atomic E-state index is 13.5. The van der Waals surface area contributed by atoms with E-state index >= 15 is 0 Å². The van der Waals surface area contributed by atoms with Gasteiger partial charge in [0.05, 0.1) is 29.1 Å². The number of ether oxygens (including phenoxy) is 2. The zero-order chi connectivity index (χ0) is 29.5. The number of hydrogen-bond acceptors (Lipinski definition) is 7. The number of benzene rings is 3. The van der Waals surface area contributed by atoms with E-state index in [9.17, 15) is 21.6 Å². The van der Waals surface area contributed by atoms with E-state index in [2.05, 4.69) is 5.32 Å². The summed E-state index contributed by atoms with van der Waals surface area (Å²) in [5.74, 6) is 0.0997. The Morgan fingerprint density at radius 1 is 0.927 bits per heavy atom. The Hall–Kier alpha value is -3.32. The molecule has 10 nitrogen and oxygen atoms in total. The lowest BCUT2D eigenvalue weighted by Gasteiger charge is -2.26. The fourth-order valence-electron chi connectivity index (χ4n) is 4.39. The number of methoxy groups -OCH3 is 1. The highest BCUT2D eigenvalue weighted by atomic mass is 35.5. The number of nitrogens with one attached hydrogen (secondary N) is 1. The van der Waals surface area contributed by atoms with Crippen LogP contribution in [0.2, 0.25) is 5.02 Å². The van der Waals surface area contributed by atoms with Crippen molar-refractivity contribution in [3.8, 4) is 11.5 Å².